The third-order valence-electron chi connectivity index (χ3n) is 4.68. The van der Waals surface area contributed by atoms with E-state index in [1.54, 1.807) is 0 Å². The monoisotopic (exact) mass is 263 g/mol. The Balaban J connectivity index is 1.60. The fraction of sp³-hybridized carbons (Fsp3) is 0.750. The predicted octanol–water partition coefficient (Wildman–Crippen LogP) is 3.73. The van der Waals surface area contributed by atoms with Gasteiger partial charge in [0.2, 0.25) is 0 Å². The summed E-state index contributed by atoms with van der Waals surface area (Å²) in [5.41, 5.74) is 0.189. The first-order chi connectivity index (χ1) is 9.17. The Labute approximate surface area is 115 Å². The number of hydrogen-bond donors (Lipinski definition) is 1. The van der Waals surface area contributed by atoms with Crippen molar-refractivity contribution in [3.05, 3.63) is 23.7 Å². The second kappa shape index (κ2) is 5.29. The van der Waals surface area contributed by atoms with Crippen molar-refractivity contribution in [2.45, 2.75) is 70.1 Å². The zero-order valence-corrected chi connectivity index (χ0v) is 12.1. The Hall–Kier alpha value is -0.800. The quantitative estimate of drug-likeness (QED) is 0.902. The molecule has 1 aromatic heterocycles. The van der Waals surface area contributed by atoms with Crippen molar-refractivity contribution in [3.8, 4) is 0 Å². The molecule has 1 aliphatic carbocycles. The zero-order valence-electron chi connectivity index (χ0n) is 12.1. The van der Waals surface area contributed by atoms with Crippen LogP contribution >= 0.6 is 0 Å². The molecule has 106 valence electrons. The highest BCUT2D eigenvalue weighted by Gasteiger charge is 2.40. The lowest BCUT2D eigenvalue weighted by molar-refractivity contribution is -0.0848. The Morgan fingerprint density at radius 3 is 2.79 bits per heavy atom. The lowest BCUT2D eigenvalue weighted by Crippen LogP contribution is -2.46. The van der Waals surface area contributed by atoms with Gasteiger partial charge >= 0.3 is 0 Å². The summed E-state index contributed by atoms with van der Waals surface area (Å²) in [6, 6.07) is 4.97. The third-order valence-corrected chi connectivity index (χ3v) is 4.68. The smallest absolute Gasteiger partial charge is 0.120 e. The number of furan rings is 1. The van der Waals surface area contributed by atoms with Gasteiger partial charge in [-0.1, -0.05) is 12.8 Å². The molecular formula is C16H25NO2. The number of aryl methyl sites for hydroxylation is 1. The predicted molar refractivity (Wildman–Crippen MR) is 75.2 cm³/mol. The molecule has 0 amide bonds. The van der Waals surface area contributed by atoms with Crippen molar-refractivity contribution in [2.24, 2.45) is 0 Å². The van der Waals surface area contributed by atoms with Gasteiger partial charge in [-0.15, -0.1) is 0 Å². The first-order valence-corrected chi connectivity index (χ1v) is 7.63. The van der Waals surface area contributed by atoms with Gasteiger partial charge in [0.25, 0.3) is 0 Å². The highest BCUT2D eigenvalue weighted by molar-refractivity contribution is 5.09. The minimum Gasteiger partial charge on any atom is -0.465 e. The molecule has 3 rings (SSSR count). The van der Waals surface area contributed by atoms with E-state index in [9.17, 15) is 0 Å². The second-order valence-electron chi connectivity index (χ2n) is 6.27. The fourth-order valence-corrected chi connectivity index (χ4v) is 3.66. The van der Waals surface area contributed by atoms with E-state index in [4.69, 9.17) is 9.15 Å². The molecule has 19 heavy (non-hydrogen) atoms. The molecule has 2 aliphatic rings. The lowest BCUT2D eigenvalue weighted by atomic mass is 9.88. The maximum absolute atomic E-state index is 6.08. The molecule has 2 atom stereocenters. The van der Waals surface area contributed by atoms with Crippen molar-refractivity contribution >= 4 is 0 Å². The number of rotatable bonds is 3. The van der Waals surface area contributed by atoms with E-state index in [0.29, 0.717) is 6.04 Å². The Morgan fingerprint density at radius 2 is 2.11 bits per heavy atom. The summed E-state index contributed by atoms with van der Waals surface area (Å²) in [6.45, 7) is 5.09. The van der Waals surface area contributed by atoms with Gasteiger partial charge in [0, 0.05) is 12.6 Å². The highest BCUT2D eigenvalue weighted by atomic mass is 16.5. The lowest BCUT2D eigenvalue weighted by Gasteiger charge is -2.39. The minimum atomic E-state index is 0.189. The third kappa shape index (κ3) is 2.87. The van der Waals surface area contributed by atoms with Crippen LogP contribution in [0.15, 0.2) is 16.5 Å². The van der Waals surface area contributed by atoms with E-state index in [1.165, 1.54) is 25.7 Å². The fourth-order valence-electron chi connectivity index (χ4n) is 3.66. The number of ether oxygens (including phenoxy) is 1. The van der Waals surface area contributed by atoms with Crippen LogP contribution < -0.4 is 5.32 Å². The normalized spacial score (nSPS) is 27.8. The number of hydrogen-bond acceptors (Lipinski definition) is 3. The molecule has 2 heterocycles. The Morgan fingerprint density at radius 1 is 1.32 bits per heavy atom. The summed E-state index contributed by atoms with van der Waals surface area (Å²) >= 11 is 0. The van der Waals surface area contributed by atoms with E-state index < -0.39 is 0 Å². The van der Waals surface area contributed by atoms with Gasteiger partial charge in [0.15, 0.2) is 0 Å². The van der Waals surface area contributed by atoms with Crippen LogP contribution in [0, 0.1) is 6.92 Å². The van der Waals surface area contributed by atoms with Crippen molar-refractivity contribution in [2.75, 3.05) is 6.61 Å². The second-order valence-corrected chi connectivity index (χ2v) is 6.27. The molecule has 2 fully saturated rings. The van der Waals surface area contributed by atoms with Crippen LogP contribution in [0.25, 0.3) is 0 Å². The topological polar surface area (TPSA) is 34.4 Å². The van der Waals surface area contributed by atoms with Crippen LogP contribution in [0.1, 0.15) is 63.0 Å². The SMILES string of the molecule is Cc1ccc(C(C)NC2CCOC3(CCCC3)C2)o1. The van der Waals surface area contributed by atoms with Crippen molar-refractivity contribution in [1.82, 2.24) is 5.32 Å². The van der Waals surface area contributed by atoms with Gasteiger partial charge in [0.05, 0.1) is 11.6 Å². The molecule has 1 aromatic rings. The zero-order chi connectivity index (χ0) is 13.3. The molecule has 0 bridgehead atoms. The molecule has 1 aliphatic heterocycles. The highest BCUT2D eigenvalue weighted by Crippen LogP contribution is 2.40. The van der Waals surface area contributed by atoms with Gasteiger partial charge in [-0.05, 0) is 51.7 Å². The average Bonchev–Trinajstić information content (AvgIpc) is 2.99. The maximum atomic E-state index is 6.08. The van der Waals surface area contributed by atoms with Gasteiger partial charge in [-0.3, -0.25) is 0 Å². The van der Waals surface area contributed by atoms with Gasteiger partial charge in [-0.2, -0.15) is 0 Å². The summed E-state index contributed by atoms with van der Waals surface area (Å²) in [4.78, 5) is 0. The van der Waals surface area contributed by atoms with Crippen LogP contribution in [-0.2, 0) is 4.74 Å². The molecule has 3 nitrogen and oxygen atoms in total. The van der Waals surface area contributed by atoms with Crippen LogP contribution in [0.3, 0.4) is 0 Å². The summed E-state index contributed by atoms with van der Waals surface area (Å²) < 4.78 is 11.8. The largest absolute Gasteiger partial charge is 0.465 e. The summed E-state index contributed by atoms with van der Waals surface area (Å²) in [6.07, 6.45) is 7.45. The van der Waals surface area contributed by atoms with Crippen LogP contribution in [0.2, 0.25) is 0 Å². The first-order valence-electron chi connectivity index (χ1n) is 7.63. The van der Waals surface area contributed by atoms with Gasteiger partial charge in [-0.25, -0.2) is 0 Å². The molecular weight excluding hydrogens is 238 g/mol. The van der Waals surface area contributed by atoms with Crippen LogP contribution in [0.4, 0.5) is 0 Å². The molecule has 0 aromatic carbocycles. The standard InChI is InChI=1S/C16H25NO2/c1-12-5-6-15(19-12)13(2)17-14-7-10-18-16(11-14)8-3-4-9-16/h5-6,13-14,17H,3-4,7-11H2,1-2H3. The van der Waals surface area contributed by atoms with Crippen molar-refractivity contribution in [3.63, 3.8) is 0 Å². The molecule has 1 spiro atoms. The molecule has 0 radical (unpaired) electrons. The minimum absolute atomic E-state index is 0.189. The Bertz CT molecular complexity index is 420. The average molecular weight is 263 g/mol. The summed E-state index contributed by atoms with van der Waals surface area (Å²) in [5.74, 6) is 2.03. The van der Waals surface area contributed by atoms with E-state index in [1.807, 2.05) is 13.0 Å². The van der Waals surface area contributed by atoms with E-state index in [-0.39, 0.29) is 11.6 Å². The molecule has 3 heteroatoms. The summed E-state index contributed by atoms with van der Waals surface area (Å²) in [5, 5.41) is 3.73. The van der Waals surface area contributed by atoms with Crippen LogP contribution in [-0.4, -0.2) is 18.2 Å². The molecule has 1 N–H and O–H groups in total. The van der Waals surface area contributed by atoms with E-state index in [2.05, 4.69) is 18.3 Å². The first kappa shape index (κ1) is 13.2. The van der Waals surface area contributed by atoms with E-state index >= 15 is 0 Å². The molecule has 1 saturated carbocycles. The summed E-state index contributed by atoms with van der Waals surface area (Å²) in [7, 11) is 0. The maximum Gasteiger partial charge on any atom is 0.120 e. The molecule has 1 saturated heterocycles. The number of nitrogens with one attached hydrogen (secondary N) is 1. The van der Waals surface area contributed by atoms with Crippen molar-refractivity contribution in [1.29, 1.82) is 0 Å². The van der Waals surface area contributed by atoms with Gasteiger partial charge in [0.1, 0.15) is 11.5 Å². The van der Waals surface area contributed by atoms with Crippen molar-refractivity contribution < 1.29 is 9.15 Å². The Kier molecular flexibility index (Phi) is 3.68. The van der Waals surface area contributed by atoms with E-state index in [0.717, 1.165) is 31.0 Å². The molecule has 2 unspecified atom stereocenters. The van der Waals surface area contributed by atoms with Crippen LogP contribution in [0.5, 0.6) is 0 Å². The van der Waals surface area contributed by atoms with Gasteiger partial charge < -0.3 is 14.5 Å².